The zero-order chi connectivity index (χ0) is 19.4. The second-order valence-corrected chi connectivity index (χ2v) is 6.18. The molecule has 0 saturated carbocycles. The van der Waals surface area contributed by atoms with Crippen LogP contribution in [0.5, 0.6) is 5.75 Å². The Morgan fingerprint density at radius 2 is 1.89 bits per heavy atom. The van der Waals surface area contributed by atoms with Gasteiger partial charge in [-0.2, -0.15) is 8.78 Å². The standard InChI is InChI=1S/C20H19F2NO4/c1-13(18(24)23-11-5-8-14-6-2-3-10-17(14)23)26-19(25)15-7-4-9-16(12-15)27-20(21)22/h2-4,6-7,9-10,12-13,20H,5,8,11H2,1H3. The highest BCUT2D eigenvalue weighted by molar-refractivity contribution is 5.99. The number of para-hydroxylation sites is 1. The van der Waals surface area contributed by atoms with Crippen molar-refractivity contribution in [2.75, 3.05) is 11.4 Å². The van der Waals surface area contributed by atoms with E-state index in [1.54, 1.807) is 4.90 Å². The van der Waals surface area contributed by atoms with Gasteiger partial charge >= 0.3 is 12.6 Å². The van der Waals surface area contributed by atoms with Crippen LogP contribution in [0.15, 0.2) is 48.5 Å². The number of anilines is 1. The van der Waals surface area contributed by atoms with Crippen molar-refractivity contribution < 1.29 is 27.8 Å². The van der Waals surface area contributed by atoms with Crippen LogP contribution in [-0.4, -0.2) is 31.1 Å². The molecule has 0 aliphatic carbocycles. The van der Waals surface area contributed by atoms with E-state index < -0.39 is 18.7 Å². The van der Waals surface area contributed by atoms with Gasteiger partial charge in [0.25, 0.3) is 5.91 Å². The number of fused-ring (bicyclic) bond motifs is 1. The van der Waals surface area contributed by atoms with Gasteiger partial charge in [0, 0.05) is 12.2 Å². The number of carbonyl (C=O) groups is 2. The summed E-state index contributed by atoms with van der Waals surface area (Å²) in [6.45, 7) is -0.942. The maximum absolute atomic E-state index is 12.8. The molecule has 1 amide bonds. The molecule has 0 saturated heterocycles. The van der Waals surface area contributed by atoms with E-state index in [1.165, 1.54) is 25.1 Å². The number of carbonyl (C=O) groups excluding carboxylic acids is 2. The van der Waals surface area contributed by atoms with Crippen LogP contribution in [0.1, 0.15) is 29.3 Å². The lowest BCUT2D eigenvalue weighted by Crippen LogP contribution is -2.42. The highest BCUT2D eigenvalue weighted by Gasteiger charge is 2.28. The fourth-order valence-electron chi connectivity index (χ4n) is 3.06. The highest BCUT2D eigenvalue weighted by atomic mass is 19.3. The Morgan fingerprint density at radius 3 is 2.67 bits per heavy atom. The molecule has 7 heteroatoms. The Kier molecular flexibility index (Phi) is 5.69. The van der Waals surface area contributed by atoms with Gasteiger partial charge in [-0.15, -0.1) is 0 Å². The Morgan fingerprint density at radius 1 is 1.11 bits per heavy atom. The van der Waals surface area contributed by atoms with Crippen LogP contribution in [-0.2, 0) is 16.0 Å². The van der Waals surface area contributed by atoms with Gasteiger partial charge in [-0.1, -0.05) is 24.3 Å². The number of alkyl halides is 2. The first-order valence-electron chi connectivity index (χ1n) is 8.61. The van der Waals surface area contributed by atoms with Crippen LogP contribution in [0.4, 0.5) is 14.5 Å². The Labute approximate surface area is 155 Å². The molecule has 3 rings (SSSR count). The lowest BCUT2D eigenvalue weighted by molar-refractivity contribution is -0.126. The lowest BCUT2D eigenvalue weighted by Gasteiger charge is -2.31. The topological polar surface area (TPSA) is 55.8 Å². The number of hydrogen-bond donors (Lipinski definition) is 0. The molecule has 0 fully saturated rings. The third-order valence-electron chi connectivity index (χ3n) is 4.30. The number of rotatable bonds is 5. The zero-order valence-electron chi connectivity index (χ0n) is 14.7. The van der Waals surface area contributed by atoms with Gasteiger partial charge in [0.05, 0.1) is 5.56 Å². The molecule has 5 nitrogen and oxygen atoms in total. The predicted molar refractivity (Wildman–Crippen MR) is 95.1 cm³/mol. The quantitative estimate of drug-likeness (QED) is 0.746. The van der Waals surface area contributed by atoms with Gasteiger partial charge in [0.15, 0.2) is 6.10 Å². The lowest BCUT2D eigenvalue weighted by atomic mass is 10.0. The number of ether oxygens (including phenoxy) is 2. The molecular weight excluding hydrogens is 356 g/mol. The molecule has 27 heavy (non-hydrogen) atoms. The molecule has 1 heterocycles. The summed E-state index contributed by atoms with van der Waals surface area (Å²) < 4.78 is 34.1. The number of benzene rings is 2. The molecule has 1 unspecified atom stereocenters. The van der Waals surface area contributed by atoms with Gasteiger partial charge in [0.2, 0.25) is 0 Å². The predicted octanol–water partition coefficient (Wildman–Crippen LogP) is 3.81. The average molecular weight is 375 g/mol. The van der Waals surface area contributed by atoms with E-state index in [1.807, 2.05) is 24.3 Å². The third-order valence-corrected chi connectivity index (χ3v) is 4.30. The van der Waals surface area contributed by atoms with Gasteiger partial charge in [-0.25, -0.2) is 4.79 Å². The van der Waals surface area contributed by atoms with Crippen molar-refractivity contribution in [3.8, 4) is 5.75 Å². The third kappa shape index (κ3) is 4.42. The number of nitrogens with zero attached hydrogens (tertiary/aromatic N) is 1. The van der Waals surface area contributed by atoms with Gasteiger partial charge in [0.1, 0.15) is 5.75 Å². The molecule has 1 atom stereocenters. The van der Waals surface area contributed by atoms with Crippen molar-refractivity contribution in [1.29, 1.82) is 0 Å². The average Bonchev–Trinajstić information content (AvgIpc) is 2.66. The fourth-order valence-corrected chi connectivity index (χ4v) is 3.06. The van der Waals surface area contributed by atoms with E-state index in [4.69, 9.17) is 4.74 Å². The smallest absolute Gasteiger partial charge is 0.387 e. The van der Waals surface area contributed by atoms with Crippen LogP contribution < -0.4 is 9.64 Å². The van der Waals surface area contributed by atoms with Crippen molar-refractivity contribution in [2.45, 2.75) is 32.5 Å². The normalized spacial score (nSPS) is 14.4. The molecule has 0 aromatic heterocycles. The number of aryl methyl sites for hydroxylation is 1. The minimum atomic E-state index is -2.99. The van der Waals surface area contributed by atoms with Crippen molar-refractivity contribution in [1.82, 2.24) is 0 Å². The Hall–Kier alpha value is -2.96. The van der Waals surface area contributed by atoms with Crippen LogP contribution in [0.3, 0.4) is 0 Å². The second kappa shape index (κ2) is 8.16. The summed E-state index contributed by atoms with van der Waals surface area (Å²) in [5.74, 6) is -1.25. The Bertz CT molecular complexity index is 840. The summed E-state index contributed by atoms with van der Waals surface area (Å²) in [4.78, 5) is 26.7. The second-order valence-electron chi connectivity index (χ2n) is 6.18. The van der Waals surface area contributed by atoms with E-state index >= 15 is 0 Å². The minimum Gasteiger partial charge on any atom is -0.449 e. The molecule has 0 N–H and O–H groups in total. The minimum absolute atomic E-state index is 0.0341. The maximum Gasteiger partial charge on any atom is 0.387 e. The van der Waals surface area contributed by atoms with Crippen molar-refractivity contribution in [3.63, 3.8) is 0 Å². The van der Waals surface area contributed by atoms with Crippen molar-refractivity contribution >= 4 is 17.6 Å². The van der Waals surface area contributed by atoms with E-state index in [0.29, 0.717) is 6.54 Å². The molecule has 2 aromatic carbocycles. The molecule has 0 radical (unpaired) electrons. The van der Waals surface area contributed by atoms with Gasteiger partial charge in [-0.3, -0.25) is 4.79 Å². The summed E-state index contributed by atoms with van der Waals surface area (Å²) in [6, 6.07) is 12.9. The molecule has 1 aliphatic heterocycles. The van der Waals surface area contributed by atoms with Gasteiger partial charge < -0.3 is 14.4 Å². The fraction of sp³-hybridized carbons (Fsp3) is 0.300. The van der Waals surface area contributed by atoms with Crippen LogP contribution >= 0.6 is 0 Å². The molecule has 0 spiro atoms. The van der Waals surface area contributed by atoms with Crippen molar-refractivity contribution in [2.24, 2.45) is 0 Å². The van der Waals surface area contributed by atoms with E-state index in [-0.39, 0.29) is 17.2 Å². The maximum atomic E-state index is 12.8. The van der Waals surface area contributed by atoms with E-state index in [9.17, 15) is 18.4 Å². The van der Waals surface area contributed by atoms with Crippen LogP contribution in [0.2, 0.25) is 0 Å². The first kappa shape index (κ1) is 18.8. The summed E-state index contributed by atoms with van der Waals surface area (Å²) in [6.07, 6.45) is 0.713. The molecule has 1 aliphatic rings. The summed E-state index contributed by atoms with van der Waals surface area (Å²) in [7, 11) is 0. The van der Waals surface area contributed by atoms with Crippen LogP contribution in [0, 0.1) is 0 Å². The number of halogens is 2. The summed E-state index contributed by atoms with van der Waals surface area (Å²) in [5, 5.41) is 0. The zero-order valence-corrected chi connectivity index (χ0v) is 14.7. The monoisotopic (exact) mass is 375 g/mol. The van der Waals surface area contributed by atoms with E-state index in [0.717, 1.165) is 30.2 Å². The van der Waals surface area contributed by atoms with E-state index in [2.05, 4.69) is 4.74 Å². The summed E-state index contributed by atoms with van der Waals surface area (Å²) >= 11 is 0. The van der Waals surface area contributed by atoms with Crippen LogP contribution in [0.25, 0.3) is 0 Å². The first-order valence-corrected chi connectivity index (χ1v) is 8.61. The number of amides is 1. The largest absolute Gasteiger partial charge is 0.449 e. The number of esters is 1. The molecule has 142 valence electrons. The SMILES string of the molecule is CC(OC(=O)c1cccc(OC(F)F)c1)C(=O)N1CCCc2ccccc21. The van der Waals surface area contributed by atoms with Gasteiger partial charge in [-0.05, 0) is 49.6 Å². The molecule has 0 bridgehead atoms. The molecular formula is C20H19F2NO4. The first-order chi connectivity index (χ1) is 13.0. The number of hydrogen-bond acceptors (Lipinski definition) is 4. The molecule has 2 aromatic rings. The summed E-state index contributed by atoms with van der Waals surface area (Å²) in [5.41, 5.74) is 1.93. The highest BCUT2D eigenvalue weighted by Crippen LogP contribution is 2.27. The van der Waals surface area contributed by atoms with Crippen molar-refractivity contribution in [3.05, 3.63) is 59.7 Å². The Balaban J connectivity index is 1.69.